The highest BCUT2D eigenvalue weighted by atomic mass is 32.2. The van der Waals surface area contributed by atoms with Gasteiger partial charge >= 0.3 is 0 Å². The van der Waals surface area contributed by atoms with E-state index in [9.17, 15) is 16.8 Å². The summed E-state index contributed by atoms with van der Waals surface area (Å²) >= 11 is 0. The third-order valence-electron chi connectivity index (χ3n) is 1.17. The summed E-state index contributed by atoms with van der Waals surface area (Å²) in [6.45, 7) is -0.506. The lowest BCUT2D eigenvalue weighted by Crippen LogP contribution is -2.35. The first kappa shape index (κ1) is 13.8. The summed E-state index contributed by atoms with van der Waals surface area (Å²) in [4.78, 5) is 0. The smallest absolute Gasteiger partial charge is 0.213 e. The molecule has 7 nitrogen and oxygen atoms in total. The third kappa shape index (κ3) is 8.38. The molecular formula is C5H14N2O5S2. The number of sulfonamides is 2. The first-order valence-electron chi connectivity index (χ1n) is 3.80. The topological polar surface area (TPSA) is 113 Å². The lowest BCUT2D eigenvalue weighted by Gasteiger charge is -2.05. The van der Waals surface area contributed by atoms with Gasteiger partial charge in [-0.1, -0.05) is 0 Å². The van der Waals surface area contributed by atoms with Crippen LogP contribution in [0.4, 0.5) is 0 Å². The van der Waals surface area contributed by atoms with Gasteiger partial charge in [0.15, 0.2) is 0 Å². The molecule has 0 saturated heterocycles. The summed E-state index contributed by atoms with van der Waals surface area (Å²) in [5.41, 5.74) is 0. The van der Waals surface area contributed by atoms with Crippen molar-refractivity contribution >= 4 is 20.0 Å². The van der Waals surface area contributed by atoms with Gasteiger partial charge in [-0.2, -0.15) is 0 Å². The molecule has 0 aliphatic rings. The minimum absolute atomic E-state index is 0.0104. The second-order valence-electron chi connectivity index (χ2n) is 2.60. The Morgan fingerprint density at radius 3 is 2.00 bits per heavy atom. The highest BCUT2D eigenvalue weighted by Crippen LogP contribution is 1.81. The van der Waals surface area contributed by atoms with E-state index >= 15 is 0 Å². The van der Waals surface area contributed by atoms with E-state index in [1.54, 1.807) is 0 Å². The maximum Gasteiger partial charge on any atom is 0.213 e. The van der Waals surface area contributed by atoms with Gasteiger partial charge < -0.3 is 5.11 Å². The molecule has 0 unspecified atom stereocenters. The molecule has 0 rings (SSSR count). The predicted octanol–water partition coefficient (Wildman–Crippen LogP) is -2.55. The van der Waals surface area contributed by atoms with Crippen LogP contribution in [-0.4, -0.2) is 53.6 Å². The Hall–Kier alpha value is -0.220. The standard InChI is InChI=1S/C5H14N2O5S2/c1-13(9,10)6-2-3-7-14(11,12)5-4-8/h6-8H,2-5H2,1H3. The first-order chi connectivity index (χ1) is 6.27. The molecule has 0 saturated carbocycles. The SMILES string of the molecule is CS(=O)(=O)NCCNS(=O)(=O)CCO. The molecule has 0 spiro atoms. The van der Waals surface area contributed by atoms with Crippen LogP contribution in [0.5, 0.6) is 0 Å². The van der Waals surface area contributed by atoms with Crippen LogP contribution in [0.3, 0.4) is 0 Å². The fraction of sp³-hybridized carbons (Fsp3) is 1.00. The quantitative estimate of drug-likeness (QED) is 0.428. The van der Waals surface area contributed by atoms with E-state index in [2.05, 4.69) is 9.44 Å². The number of aliphatic hydroxyl groups excluding tert-OH is 1. The monoisotopic (exact) mass is 246 g/mol. The van der Waals surface area contributed by atoms with Crippen molar-refractivity contribution < 1.29 is 21.9 Å². The van der Waals surface area contributed by atoms with Crippen LogP contribution in [0.1, 0.15) is 0 Å². The Morgan fingerprint density at radius 1 is 1.07 bits per heavy atom. The molecule has 0 aromatic rings. The molecule has 0 radical (unpaired) electrons. The van der Waals surface area contributed by atoms with E-state index in [0.717, 1.165) is 6.26 Å². The molecule has 3 N–H and O–H groups in total. The predicted molar refractivity (Wildman–Crippen MR) is 51.7 cm³/mol. The summed E-state index contributed by atoms with van der Waals surface area (Å²) in [6, 6.07) is 0. The molecule has 0 fully saturated rings. The molecule has 0 aliphatic heterocycles. The van der Waals surface area contributed by atoms with E-state index in [-0.39, 0.29) is 18.8 Å². The van der Waals surface area contributed by atoms with Crippen LogP contribution >= 0.6 is 0 Å². The molecule has 14 heavy (non-hydrogen) atoms. The molecular weight excluding hydrogens is 232 g/mol. The van der Waals surface area contributed by atoms with Gasteiger partial charge in [0.25, 0.3) is 0 Å². The normalized spacial score (nSPS) is 13.0. The molecule has 86 valence electrons. The Balaban J connectivity index is 3.76. The van der Waals surface area contributed by atoms with Gasteiger partial charge in [-0.25, -0.2) is 26.3 Å². The van der Waals surface area contributed by atoms with Gasteiger partial charge in [-0.05, 0) is 0 Å². The third-order valence-corrected chi connectivity index (χ3v) is 3.26. The van der Waals surface area contributed by atoms with Gasteiger partial charge in [0.1, 0.15) is 0 Å². The molecule has 0 atom stereocenters. The lowest BCUT2D eigenvalue weighted by molar-refractivity contribution is 0.319. The van der Waals surface area contributed by atoms with E-state index in [4.69, 9.17) is 5.11 Å². The molecule has 0 bridgehead atoms. The largest absolute Gasteiger partial charge is 0.395 e. The second-order valence-corrected chi connectivity index (χ2v) is 6.36. The van der Waals surface area contributed by atoms with Crippen LogP contribution in [0.2, 0.25) is 0 Å². The molecule has 9 heteroatoms. The highest BCUT2D eigenvalue weighted by Gasteiger charge is 2.08. The van der Waals surface area contributed by atoms with E-state index in [1.807, 2.05) is 0 Å². The Labute approximate surface area is 83.6 Å². The van der Waals surface area contributed by atoms with E-state index < -0.39 is 26.7 Å². The van der Waals surface area contributed by atoms with Gasteiger partial charge in [0.2, 0.25) is 20.0 Å². The summed E-state index contributed by atoms with van der Waals surface area (Å²) in [6.07, 6.45) is 0.981. The average Bonchev–Trinajstić information content (AvgIpc) is 1.96. The summed E-state index contributed by atoms with van der Waals surface area (Å²) in [5, 5.41) is 8.36. The van der Waals surface area contributed by atoms with Gasteiger partial charge in [0, 0.05) is 13.1 Å². The fourth-order valence-electron chi connectivity index (χ4n) is 0.635. The molecule has 0 aromatic heterocycles. The van der Waals surface area contributed by atoms with E-state index in [1.165, 1.54) is 0 Å². The van der Waals surface area contributed by atoms with Gasteiger partial charge in [-0.3, -0.25) is 0 Å². The van der Waals surface area contributed by atoms with Crippen molar-refractivity contribution in [2.45, 2.75) is 0 Å². The Bertz CT molecular complexity index is 346. The summed E-state index contributed by atoms with van der Waals surface area (Å²) in [7, 11) is -6.77. The Kier molecular flexibility index (Phi) is 5.52. The summed E-state index contributed by atoms with van der Waals surface area (Å²) in [5.74, 6) is -0.383. The first-order valence-corrected chi connectivity index (χ1v) is 7.34. The molecule has 0 aromatic carbocycles. The second kappa shape index (κ2) is 5.61. The zero-order valence-electron chi connectivity index (χ0n) is 7.73. The molecule has 0 aliphatic carbocycles. The highest BCUT2D eigenvalue weighted by molar-refractivity contribution is 7.89. The number of nitrogens with one attached hydrogen (secondary N) is 2. The zero-order valence-corrected chi connectivity index (χ0v) is 9.36. The van der Waals surface area contributed by atoms with Crippen LogP contribution in [-0.2, 0) is 20.0 Å². The van der Waals surface area contributed by atoms with Crippen molar-refractivity contribution in [3.05, 3.63) is 0 Å². The maximum absolute atomic E-state index is 10.9. The number of rotatable bonds is 7. The van der Waals surface area contributed by atoms with Crippen molar-refractivity contribution in [1.29, 1.82) is 0 Å². The minimum Gasteiger partial charge on any atom is -0.395 e. The average molecular weight is 246 g/mol. The van der Waals surface area contributed by atoms with Crippen molar-refractivity contribution in [2.24, 2.45) is 0 Å². The number of hydrogen-bond donors (Lipinski definition) is 3. The van der Waals surface area contributed by atoms with Crippen LogP contribution in [0.15, 0.2) is 0 Å². The van der Waals surface area contributed by atoms with Crippen molar-refractivity contribution in [2.75, 3.05) is 31.7 Å². The van der Waals surface area contributed by atoms with E-state index in [0.29, 0.717) is 0 Å². The van der Waals surface area contributed by atoms with Crippen molar-refractivity contribution in [3.8, 4) is 0 Å². The van der Waals surface area contributed by atoms with Crippen molar-refractivity contribution in [3.63, 3.8) is 0 Å². The zero-order chi connectivity index (χ0) is 11.2. The van der Waals surface area contributed by atoms with Crippen LogP contribution in [0, 0.1) is 0 Å². The van der Waals surface area contributed by atoms with Gasteiger partial charge in [-0.15, -0.1) is 0 Å². The maximum atomic E-state index is 10.9. The summed E-state index contributed by atoms with van der Waals surface area (Å²) < 4.78 is 47.2. The number of hydrogen-bond acceptors (Lipinski definition) is 5. The van der Waals surface area contributed by atoms with Crippen LogP contribution < -0.4 is 9.44 Å². The van der Waals surface area contributed by atoms with Crippen LogP contribution in [0.25, 0.3) is 0 Å². The lowest BCUT2D eigenvalue weighted by atomic mass is 10.7. The Morgan fingerprint density at radius 2 is 1.57 bits per heavy atom. The fourth-order valence-corrected chi connectivity index (χ4v) is 1.91. The van der Waals surface area contributed by atoms with Crippen molar-refractivity contribution in [1.82, 2.24) is 9.44 Å². The number of aliphatic hydroxyl groups is 1. The molecule has 0 heterocycles. The molecule has 0 amide bonds. The minimum atomic E-state index is -3.48. The van der Waals surface area contributed by atoms with Gasteiger partial charge in [0.05, 0.1) is 18.6 Å².